The minimum Gasteiger partial charge on any atom is -0.493 e. The van der Waals surface area contributed by atoms with Crippen LogP contribution in [0.1, 0.15) is 18.5 Å². The Morgan fingerprint density at radius 1 is 0.941 bits per heavy atom. The Bertz CT molecular complexity index is 1250. The number of hydrogen-bond acceptors (Lipinski definition) is 5. The number of nitrogens with zero attached hydrogens (tertiary/aromatic N) is 1. The van der Waals surface area contributed by atoms with E-state index in [4.69, 9.17) is 32.7 Å². The number of anilines is 1. The molecule has 180 valence electrons. The zero-order valence-electron chi connectivity index (χ0n) is 18.8. The molecule has 1 atom stereocenters. The predicted octanol–water partition coefficient (Wildman–Crippen LogP) is 5.08. The topological polar surface area (TPSA) is 84.9 Å². The molecule has 1 amide bonds. The van der Waals surface area contributed by atoms with Gasteiger partial charge in [0.2, 0.25) is 5.91 Å². The Labute approximate surface area is 209 Å². The quantitative estimate of drug-likeness (QED) is 0.423. The second-order valence-corrected chi connectivity index (χ2v) is 10.1. The van der Waals surface area contributed by atoms with E-state index in [1.165, 1.54) is 44.6 Å². The molecule has 0 bridgehead atoms. The van der Waals surface area contributed by atoms with E-state index in [2.05, 4.69) is 5.32 Å². The summed E-state index contributed by atoms with van der Waals surface area (Å²) < 4.78 is 38.4. The third-order valence-electron chi connectivity index (χ3n) is 5.04. The summed E-state index contributed by atoms with van der Waals surface area (Å²) in [5.74, 6) is 0.559. The average molecular weight is 523 g/mol. The maximum Gasteiger partial charge on any atom is 0.264 e. The van der Waals surface area contributed by atoms with E-state index in [1.807, 2.05) is 0 Å². The van der Waals surface area contributed by atoms with Crippen molar-refractivity contribution in [2.24, 2.45) is 0 Å². The third-order valence-corrected chi connectivity index (χ3v) is 7.26. The first-order valence-electron chi connectivity index (χ1n) is 10.2. The number of carbonyl (C=O) groups is 1. The van der Waals surface area contributed by atoms with Gasteiger partial charge in [-0.3, -0.25) is 9.10 Å². The molecule has 0 saturated carbocycles. The van der Waals surface area contributed by atoms with Gasteiger partial charge in [0.15, 0.2) is 11.5 Å². The first-order chi connectivity index (χ1) is 16.1. The molecule has 3 aromatic rings. The zero-order valence-corrected chi connectivity index (χ0v) is 21.1. The van der Waals surface area contributed by atoms with E-state index in [-0.39, 0.29) is 20.6 Å². The molecular weight excluding hydrogens is 499 g/mol. The van der Waals surface area contributed by atoms with Crippen LogP contribution in [-0.2, 0) is 14.8 Å². The standard InChI is InChI=1S/C24H24Cl2N2O5S/c1-16(17-9-10-22(32-2)23(11-17)33-3)27-24(29)15-28(20-13-18(25)12-19(26)14-20)34(30,31)21-7-5-4-6-8-21/h4-14,16H,15H2,1-3H3,(H,27,29)/t16-/m0/s1. The van der Waals surface area contributed by atoms with Crippen molar-refractivity contribution in [1.82, 2.24) is 5.32 Å². The van der Waals surface area contributed by atoms with Gasteiger partial charge in [-0.15, -0.1) is 0 Å². The van der Waals surface area contributed by atoms with Gasteiger partial charge in [-0.25, -0.2) is 8.42 Å². The van der Waals surface area contributed by atoms with Crippen molar-refractivity contribution in [2.45, 2.75) is 17.9 Å². The summed E-state index contributed by atoms with van der Waals surface area (Å²) in [6.45, 7) is 1.30. The van der Waals surface area contributed by atoms with Crippen LogP contribution in [0.5, 0.6) is 11.5 Å². The van der Waals surface area contributed by atoms with Crippen molar-refractivity contribution in [2.75, 3.05) is 25.1 Å². The lowest BCUT2D eigenvalue weighted by Gasteiger charge is -2.25. The Morgan fingerprint density at radius 3 is 2.15 bits per heavy atom. The van der Waals surface area contributed by atoms with Crippen molar-refractivity contribution in [1.29, 1.82) is 0 Å². The van der Waals surface area contributed by atoms with E-state index in [9.17, 15) is 13.2 Å². The Hall–Kier alpha value is -2.94. The van der Waals surface area contributed by atoms with Crippen molar-refractivity contribution < 1.29 is 22.7 Å². The Kier molecular flexibility index (Phi) is 8.30. The van der Waals surface area contributed by atoms with Crippen LogP contribution in [0, 0.1) is 0 Å². The number of hydrogen-bond donors (Lipinski definition) is 1. The molecule has 0 aromatic heterocycles. The highest BCUT2D eigenvalue weighted by Gasteiger charge is 2.28. The van der Waals surface area contributed by atoms with Gasteiger partial charge in [-0.05, 0) is 55.0 Å². The molecule has 3 aromatic carbocycles. The van der Waals surface area contributed by atoms with Crippen LogP contribution in [0.2, 0.25) is 10.0 Å². The number of nitrogens with one attached hydrogen (secondary N) is 1. The minimum atomic E-state index is -4.08. The molecule has 0 radical (unpaired) electrons. The zero-order chi connectivity index (χ0) is 24.9. The number of methoxy groups -OCH3 is 2. The number of amides is 1. The summed E-state index contributed by atoms with van der Waals surface area (Å²) in [5, 5.41) is 3.32. The average Bonchev–Trinajstić information content (AvgIpc) is 2.81. The normalized spacial score (nSPS) is 12.0. The molecule has 0 fully saturated rings. The summed E-state index contributed by atoms with van der Waals surface area (Å²) in [4.78, 5) is 13.0. The minimum absolute atomic E-state index is 0.0341. The summed E-state index contributed by atoms with van der Waals surface area (Å²) in [6.07, 6.45) is 0. The highest BCUT2D eigenvalue weighted by molar-refractivity contribution is 7.92. The van der Waals surface area contributed by atoms with Crippen LogP contribution in [0.25, 0.3) is 0 Å². The fourth-order valence-corrected chi connectivity index (χ4v) is 5.28. The number of ether oxygens (including phenoxy) is 2. The molecule has 3 rings (SSSR count). The number of benzene rings is 3. The smallest absolute Gasteiger partial charge is 0.264 e. The number of rotatable bonds is 9. The van der Waals surface area contributed by atoms with Gasteiger partial charge < -0.3 is 14.8 Å². The molecular formula is C24H24Cl2N2O5S. The van der Waals surface area contributed by atoms with Crippen LogP contribution >= 0.6 is 23.2 Å². The molecule has 0 aliphatic carbocycles. The molecule has 34 heavy (non-hydrogen) atoms. The van der Waals surface area contributed by atoms with Gasteiger partial charge in [-0.2, -0.15) is 0 Å². The molecule has 0 heterocycles. The number of carbonyl (C=O) groups excluding carboxylic acids is 1. The maximum atomic E-state index is 13.4. The highest BCUT2D eigenvalue weighted by atomic mass is 35.5. The van der Waals surface area contributed by atoms with Gasteiger partial charge in [0.25, 0.3) is 10.0 Å². The van der Waals surface area contributed by atoms with Gasteiger partial charge in [0.05, 0.1) is 30.8 Å². The first-order valence-corrected chi connectivity index (χ1v) is 12.4. The van der Waals surface area contributed by atoms with Crippen molar-refractivity contribution >= 4 is 44.8 Å². The SMILES string of the molecule is COc1ccc([C@H](C)NC(=O)CN(c2cc(Cl)cc(Cl)c2)S(=O)(=O)c2ccccc2)cc1OC. The second-order valence-electron chi connectivity index (χ2n) is 7.36. The van der Waals surface area contributed by atoms with Crippen LogP contribution in [0.4, 0.5) is 5.69 Å². The van der Waals surface area contributed by atoms with E-state index < -0.39 is 28.5 Å². The molecule has 0 saturated heterocycles. The fourth-order valence-electron chi connectivity index (χ4n) is 3.34. The lowest BCUT2D eigenvalue weighted by atomic mass is 10.1. The molecule has 1 N–H and O–H groups in total. The van der Waals surface area contributed by atoms with E-state index in [1.54, 1.807) is 43.3 Å². The molecule has 0 aliphatic rings. The highest BCUT2D eigenvalue weighted by Crippen LogP contribution is 2.31. The van der Waals surface area contributed by atoms with Crippen molar-refractivity contribution in [3.63, 3.8) is 0 Å². The van der Waals surface area contributed by atoms with Gasteiger partial charge in [0, 0.05) is 10.0 Å². The van der Waals surface area contributed by atoms with Crippen LogP contribution in [0.15, 0.2) is 71.6 Å². The van der Waals surface area contributed by atoms with Crippen molar-refractivity contribution in [3.8, 4) is 11.5 Å². The lowest BCUT2D eigenvalue weighted by molar-refractivity contribution is -0.120. The Balaban J connectivity index is 1.90. The summed E-state index contributed by atoms with van der Waals surface area (Å²) >= 11 is 12.2. The summed E-state index contributed by atoms with van der Waals surface area (Å²) in [6, 6.07) is 17.0. The predicted molar refractivity (Wildman–Crippen MR) is 134 cm³/mol. The van der Waals surface area contributed by atoms with Crippen LogP contribution in [0.3, 0.4) is 0 Å². The Morgan fingerprint density at radius 2 is 1.56 bits per heavy atom. The fraction of sp³-hybridized carbons (Fsp3) is 0.208. The second kappa shape index (κ2) is 11.0. The van der Waals surface area contributed by atoms with Gasteiger partial charge in [-0.1, -0.05) is 47.5 Å². The first kappa shape index (κ1) is 25.7. The largest absolute Gasteiger partial charge is 0.493 e. The lowest BCUT2D eigenvalue weighted by Crippen LogP contribution is -2.41. The van der Waals surface area contributed by atoms with E-state index in [0.29, 0.717) is 11.5 Å². The summed E-state index contributed by atoms with van der Waals surface area (Å²) in [7, 11) is -1.03. The van der Waals surface area contributed by atoms with E-state index in [0.717, 1.165) is 9.87 Å². The molecule has 7 nitrogen and oxygen atoms in total. The number of halogens is 2. The molecule has 0 aliphatic heterocycles. The van der Waals surface area contributed by atoms with Crippen molar-refractivity contribution in [3.05, 3.63) is 82.3 Å². The van der Waals surface area contributed by atoms with Gasteiger partial charge in [0.1, 0.15) is 6.54 Å². The summed E-state index contributed by atoms with van der Waals surface area (Å²) in [5.41, 5.74) is 0.935. The molecule has 0 unspecified atom stereocenters. The maximum absolute atomic E-state index is 13.4. The van der Waals surface area contributed by atoms with E-state index >= 15 is 0 Å². The van der Waals surface area contributed by atoms with Crippen LogP contribution in [-0.4, -0.2) is 35.1 Å². The third kappa shape index (κ3) is 5.94. The monoisotopic (exact) mass is 522 g/mol. The molecule has 0 spiro atoms. The van der Waals surface area contributed by atoms with Crippen LogP contribution < -0.4 is 19.1 Å². The van der Waals surface area contributed by atoms with Gasteiger partial charge >= 0.3 is 0 Å². The molecule has 10 heteroatoms. The number of sulfonamides is 1.